The molecule has 0 radical (unpaired) electrons. The number of rotatable bonds is 6. The van der Waals surface area contributed by atoms with E-state index >= 15 is 0 Å². The maximum absolute atomic E-state index is 13.8. The number of hydrogen-bond donors (Lipinski definition) is 1. The van der Waals surface area contributed by atoms with Crippen LogP contribution in [0.4, 0.5) is 10.1 Å². The van der Waals surface area contributed by atoms with Crippen LogP contribution in [0.1, 0.15) is 24.5 Å². The van der Waals surface area contributed by atoms with Gasteiger partial charge in [-0.1, -0.05) is 43.3 Å². The van der Waals surface area contributed by atoms with Gasteiger partial charge in [0.1, 0.15) is 5.82 Å². The highest BCUT2D eigenvalue weighted by Gasteiger charge is 2.11. The third-order valence-corrected chi connectivity index (χ3v) is 3.77. The maximum atomic E-state index is 13.8. The van der Waals surface area contributed by atoms with Crippen LogP contribution in [0.15, 0.2) is 48.5 Å². The van der Waals surface area contributed by atoms with E-state index < -0.39 is 0 Å². The molecule has 2 rings (SSSR count). The molecule has 0 bridgehead atoms. The van der Waals surface area contributed by atoms with Crippen LogP contribution in [0.5, 0.6) is 0 Å². The minimum absolute atomic E-state index is 0.160. The lowest BCUT2D eigenvalue weighted by Gasteiger charge is -2.24. The molecular formula is C18H23FN2. The van der Waals surface area contributed by atoms with Crippen LogP contribution >= 0.6 is 0 Å². The highest BCUT2D eigenvalue weighted by Crippen LogP contribution is 2.23. The summed E-state index contributed by atoms with van der Waals surface area (Å²) in [5.41, 5.74) is 9.10. The summed E-state index contributed by atoms with van der Waals surface area (Å²) in [6.45, 7) is 2.64. The summed E-state index contributed by atoms with van der Waals surface area (Å²) in [5, 5.41) is 0. The lowest BCUT2D eigenvalue weighted by atomic mass is 10.0. The lowest BCUT2D eigenvalue weighted by molar-refractivity contribution is 0.607. The van der Waals surface area contributed by atoms with Gasteiger partial charge in [-0.15, -0.1) is 0 Å². The van der Waals surface area contributed by atoms with Crippen molar-refractivity contribution in [2.24, 2.45) is 5.73 Å². The largest absolute Gasteiger partial charge is 0.370 e. The minimum Gasteiger partial charge on any atom is -0.370 e. The van der Waals surface area contributed by atoms with Crippen molar-refractivity contribution in [3.05, 3.63) is 65.5 Å². The van der Waals surface area contributed by atoms with Crippen molar-refractivity contribution in [1.82, 2.24) is 0 Å². The van der Waals surface area contributed by atoms with E-state index in [1.54, 1.807) is 6.07 Å². The molecule has 3 heteroatoms. The molecule has 0 aliphatic heterocycles. The molecule has 0 fully saturated rings. The molecule has 2 aromatic rings. The van der Waals surface area contributed by atoms with Crippen molar-refractivity contribution in [2.45, 2.75) is 32.4 Å². The Balaban J connectivity index is 2.19. The van der Waals surface area contributed by atoms with Crippen LogP contribution in [0, 0.1) is 5.82 Å². The standard InChI is InChI=1S/C18H23FN2/c1-3-16(20)12-14-8-5-7-11-18(14)21(2)13-15-9-4-6-10-17(15)19/h4-11,16H,3,12-13,20H2,1-2H3. The van der Waals surface area contributed by atoms with Gasteiger partial charge < -0.3 is 10.6 Å². The molecule has 0 saturated heterocycles. The molecule has 0 heterocycles. The molecule has 0 aromatic heterocycles. The van der Waals surface area contributed by atoms with Crippen molar-refractivity contribution in [3.63, 3.8) is 0 Å². The Morgan fingerprint density at radius 2 is 1.67 bits per heavy atom. The average Bonchev–Trinajstić information content (AvgIpc) is 2.50. The summed E-state index contributed by atoms with van der Waals surface area (Å²) in [6.07, 6.45) is 1.79. The van der Waals surface area contributed by atoms with Crippen LogP contribution < -0.4 is 10.6 Å². The van der Waals surface area contributed by atoms with Crippen LogP contribution in [-0.2, 0) is 13.0 Å². The number of benzene rings is 2. The molecule has 112 valence electrons. The number of hydrogen-bond acceptors (Lipinski definition) is 2. The fourth-order valence-electron chi connectivity index (χ4n) is 2.45. The number of nitrogens with zero attached hydrogens (tertiary/aromatic N) is 1. The van der Waals surface area contributed by atoms with Crippen LogP contribution in [0.3, 0.4) is 0 Å². The van der Waals surface area contributed by atoms with Gasteiger partial charge in [-0.05, 0) is 30.5 Å². The van der Waals surface area contributed by atoms with E-state index in [2.05, 4.69) is 24.0 Å². The highest BCUT2D eigenvalue weighted by molar-refractivity contribution is 5.53. The summed E-state index contributed by atoms with van der Waals surface area (Å²) in [4.78, 5) is 2.08. The molecule has 0 aliphatic carbocycles. The van der Waals surface area contributed by atoms with Gasteiger partial charge in [-0.3, -0.25) is 0 Å². The van der Waals surface area contributed by atoms with Crippen molar-refractivity contribution >= 4 is 5.69 Å². The topological polar surface area (TPSA) is 29.3 Å². The molecule has 0 saturated carbocycles. The monoisotopic (exact) mass is 286 g/mol. The normalized spacial score (nSPS) is 12.2. The van der Waals surface area contributed by atoms with Crippen molar-refractivity contribution in [2.75, 3.05) is 11.9 Å². The zero-order valence-corrected chi connectivity index (χ0v) is 12.7. The molecule has 2 aromatic carbocycles. The van der Waals surface area contributed by atoms with Gasteiger partial charge in [0.05, 0.1) is 0 Å². The molecule has 2 nitrogen and oxygen atoms in total. The first-order valence-corrected chi connectivity index (χ1v) is 7.39. The maximum Gasteiger partial charge on any atom is 0.128 e. The quantitative estimate of drug-likeness (QED) is 0.876. The van der Waals surface area contributed by atoms with E-state index in [4.69, 9.17) is 5.73 Å². The van der Waals surface area contributed by atoms with E-state index in [9.17, 15) is 4.39 Å². The first-order chi connectivity index (χ1) is 10.1. The zero-order valence-electron chi connectivity index (χ0n) is 12.7. The van der Waals surface area contributed by atoms with Crippen LogP contribution in [0.25, 0.3) is 0 Å². The molecule has 0 amide bonds. The van der Waals surface area contributed by atoms with Gasteiger partial charge in [-0.2, -0.15) is 0 Å². The molecule has 1 atom stereocenters. The van der Waals surface area contributed by atoms with E-state index in [0.717, 1.165) is 18.5 Å². The molecule has 2 N–H and O–H groups in total. The lowest BCUT2D eigenvalue weighted by Crippen LogP contribution is -2.24. The van der Waals surface area contributed by atoms with Gasteiger partial charge in [0, 0.05) is 30.9 Å². The fraction of sp³-hybridized carbons (Fsp3) is 0.333. The van der Waals surface area contributed by atoms with Crippen LogP contribution in [0.2, 0.25) is 0 Å². The van der Waals surface area contributed by atoms with Gasteiger partial charge in [0.25, 0.3) is 0 Å². The van der Waals surface area contributed by atoms with Crippen LogP contribution in [-0.4, -0.2) is 13.1 Å². The van der Waals surface area contributed by atoms with Crippen molar-refractivity contribution < 1.29 is 4.39 Å². The van der Waals surface area contributed by atoms with E-state index in [1.807, 2.05) is 31.3 Å². The third-order valence-electron chi connectivity index (χ3n) is 3.77. The molecule has 0 aliphatic rings. The Bertz CT molecular complexity index is 583. The summed E-state index contributed by atoms with van der Waals surface area (Å²) in [5.74, 6) is -0.160. The van der Waals surface area contributed by atoms with Gasteiger partial charge in [0.2, 0.25) is 0 Å². The number of halogens is 1. The van der Waals surface area contributed by atoms with Gasteiger partial charge in [0.15, 0.2) is 0 Å². The first kappa shape index (κ1) is 15.5. The Hall–Kier alpha value is -1.87. The predicted octanol–water partition coefficient (Wildman–Crippen LogP) is 3.74. The molecule has 0 spiro atoms. The second kappa shape index (κ2) is 7.23. The average molecular weight is 286 g/mol. The third kappa shape index (κ3) is 4.05. The Morgan fingerprint density at radius 3 is 2.33 bits per heavy atom. The fourth-order valence-corrected chi connectivity index (χ4v) is 2.45. The smallest absolute Gasteiger partial charge is 0.128 e. The Morgan fingerprint density at radius 1 is 1.05 bits per heavy atom. The van der Waals surface area contributed by atoms with Gasteiger partial charge in [-0.25, -0.2) is 4.39 Å². The number of anilines is 1. The van der Waals surface area contributed by atoms with E-state index in [0.29, 0.717) is 12.1 Å². The SMILES string of the molecule is CCC(N)Cc1ccccc1N(C)Cc1ccccc1F. The predicted molar refractivity (Wildman–Crippen MR) is 86.9 cm³/mol. The summed E-state index contributed by atoms with van der Waals surface area (Å²) < 4.78 is 13.8. The first-order valence-electron chi connectivity index (χ1n) is 7.39. The van der Waals surface area contributed by atoms with Gasteiger partial charge >= 0.3 is 0 Å². The second-order valence-electron chi connectivity index (χ2n) is 5.45. The minimum atomic E-state index is -0.160. The number of nitrogens with two attached hydrogens (primary N) is 1. The number of para-hydroxylation sites is 1. The zero-order chi connectivity index (χ0) is 15.2. The van der Waals surface area contributed by atoms with Crippen molar-refractivity contribution in [1.29, 1.82) is 0 Å². The Labute approximate surface area is 126 Å². The summed E-state index contributed by atoms with van der Waals surface area (Å²) >= 11 is 0. The Kier molecular flexibility index (Phi) is 5.34. The van der Waals surface area contributed by atoms with Crippen molar-refractivity contribution in [3.8, 4) is 0 Å². The molecule has 21 heavy (non-hydrogen) atoms. The van der Waals surface area contributed by atoms with E-state index in [1.165, 1.54) is 11.6 Å². The van der Waals surface area contributed by atoms with E-state index in [-0.39, 0.29) is 11.9 Å². The highest BCUT2D eigenvalue weighted by atomic mass is 19.1. The second-order valence-corrected chi connectivity index (χ2v) is 5.45. The molecular weight excluding hydrogens is 263 g/mol. The molecule has 1 unspecified atom stereocenters. The summed E-state index contributed by atoms with van der Waals surface area (Å²) in [7, 11) is 1.99. The summed E-state index contributed by atoms with van der Waals surface area (Å²) in [6, 6.07) is 15.3.